The highest BCUT2D eigenvalue weighted by molar-refractivity contribution is 5.90. The molecule has 3 aromatic rings. The maximum atomic E-state index is 12.3. The first-order valence-electron chi connectivity index (χ1n) is 10.8. The minimum atomic E-state index is -0.221. The summed E-state index contributed by atoms with van der Waals surface area (Å²) in [5.41, 5.74) is 7.29. The Bertz CT molecular complexity index is 1020. The maximum absolute atomic E-state index is 12.3. The Morgan fingerprint density at radius 1 is 0.742 bits per heavy atom. The van der Waals surface area contributed by atoms with Crippen LogP contribution in [0.2, 0.25) is 0 Å². The summed E-state index contributed by atoms with van der Waals surface area (Å²) in [5, 5.41) is 2.16. The van der Waals surface area contributed by atoms with Crippen molar-refractivity contribution in [1.82, 2.24) is 15.8 Å². The van der Waals surface area contributed by atoms with Gasteiger partial charge < -0.3 is 4.90 Å². The van der Waals surface area contributed by atoms with E-state index >= 15 is 0 Å². The number of piperazine rings is 1. The van der Waals surface area contributed by atoms with Crippen molar-refractivity contribution < 1.29 is 9.59 Å². The molecule has 2 N–H and O–H groups in total. The second-order valence-electron chi connectivity index (χ2n) is 7.83. The lowest BCUT2D eigenvalue weighted by Gasteiger charge is -2.36. The number of fused-ring (bicyclic) bond motifs is 1. The number of carbonyl (C=O) groups excluding carboxylic acids is 2. The van der Waals surface area contributed by atoms with Crippen molar-refractivity contribution in [3.8, 4) is 0 Å². The number of amides is 2. The number of nitrogens with zero attached hydrogens (tertiary/aromatic N) is 2. The molecule has 0 spiro atoms. The highest BCUT2D eigenvalue weighted by Crippen LogP contribution is 2.19. The van der Waals surface area contributed by atoms with Crippen LogP contribution in [0.25, 0.3) is 10.8 Å². The molecule has 6 nitrogen and oxygen atoms in total. The molecule has 0 saturated carbocycles. The summed E-state index contributed by atoms with van der Waals surface area (Å²) in [6.07, 6.45) is 0.586. The van der Waals surface area contributed by atoms with E-state index in [1.165, 1.54) is 5.69 Å². The van der Waals surface area contributed by atoms with Gasteiger partial charge in [-0.2, -0.15) is 0 Å². The van der Waals surface area contributed by atoms with Crippen LogP contribution < -0.4 is 15.8 Å². The SMILES string of the molecule is O=C(CCN1CCN(c2ccccc2)CC1)NNC(=O)Cc1cccc2ccccc12. The fourth-order valence-corrected chi connectivity index (χ4v) is 3.99. The molecule has 1 heterocycles. The number of hydrogen-bond acceptors (Lipinski definition) is 4. The van der Waals surface area contributed by atoms with Crippen LogP contribution in [0.3, 0.4) is 0 Å². The van der Waals surface area contributed by atoms with E-state index in [1.807, 2.05) is 48.5 Å². The van der Waals surface area contributed by atoms with E-state index in [-0.39, 0.29) is 18.2 Å². The molecule has 3 aromatic carbocycles. The van der Waals surface area contributed by atoms with Crippen LogP contribution in [0.1, 0.15) is 12.0 Å². The molecule has 0 radical (unpaired) electrons. The zero-order valence-corrected chi connectivity index (χ0v) is 17.6. The van der Waals surface area contributed by atoms with Crippen molar-refractivity contribution >= 4 is 28.3 Å². The Hall–Kier alpha value is -3.38. The van der Waals surface area contributed by atoms with Gasteiger partial charge in [0.2, 0.25) is 11.8 Å². The standard InChI is InChI=1S/C25H28N4O2/c30-24(13-14-28-15-17-29(18-16-28)22-10-2-1-3-11-22)26-27-25(31)19-21-9-6-8-20-7-4-5-12-23(20)21/h1-12H,13-19H2,(H,26,30)(H,27,31). The number of para-hydroxylation sites is 1. The smallest absolute Gasteiger partial charge is 0.242 e. The van der Waals surface area contributed by atoms with Crippen LogP contribution in [-0.2, 0) is 16.0 Å². The average Bonchev–Trinajstić information content (AvgIpc) is 2.82. The third-order valence-electron chi connectivity index (χ3n) is 5.72. The summed E-state index contributed by atoms with van der Waals surface area (Å²) < 4.78 is 0. The predicted molar refractivity (Wildman–Crippen MR) is 124 cm³/mol. The number of nitrogens with one attached hydrogen (secondary N) is 2. The molecule has 1 fully saturated rings. The first-order chi connectivity index (χ1) is 15.2. The monoisotopic (exact) mass is 416 g/mol. The lowest BCUT2D eigenvalue weighted by atomic mass is 10.0. The van der Waals surface area contributed by atoms with Gasteiger partial charge in [0.15, 0.2) is 0 Å². The minimum absolute atomic E-state index is 0.170. The molecule has 0 aromatic heterocycles. The molecular weight excluding hydrogens is 388 g/mol. The lowest BCUT2D eigenvalue weighted by Crippen LogP contribution is -2.48. The van der Waals surface area contributed by atoms with Gasteiger partial charge in [-0.3, -0.25) is 25.3 Å². The summed E-state index contributed by atoms with van der Waals surface area (Å²) in [5.74, 6) is -0.391. The molecule has 4 rings (SSSR count). The summed E-state index contributed by atoms with van der Waals surface area (Å²) >= 11 is 0. The normalized spacial score (nSPS) is 14.4. The highest BCUT2D eigenvalue weighted by atomic mass is 16.2. The molecule has 1 saturated heterocycles. The van der Waals surface area contributed by atoms with E-state index in [9.17, 15) is 9.59 Å². The van der Waals surface area contributed by atoms with Crippen molar-refractivity contribution in [2.24, 2.45) is 0 Å². The Labute approximate surface area is 182 Å². The lowest BCUT2D eigenvalue weighted by molar-refractivity contribution is -0.128. The molecule has 6 heteroatoms. The zero-order valence-electron chi connectivity index (χ0n) is 17.6. The topological polar surface area (TPSA) is 64.7 Å². The minimum Gasteiger partial charge on any atom is -0.369 e. The van der Waals surface area contributed by atoms with Gasteiger partial charge in [0, 0.05) is 44.8 Å². The molecular formula is C25H28N4O2. The van der Waals surface area contributed by atoms with E-state index in [0.29, 0.717) is 13.0 Å². The Morgan fingerprint density at radius 2 is 1.42 bits per heavy atom. The molecule has 1 aliphatic rings. The molecule has 0 unspecified atom stereocenters. The predicted octanol–water partition coefficient (Wildman–Crippen LogP) is 2.74. The Kier molecular flexibility index (Phi) is 6.79. The van der Waals surface area contributed by atoms with Gasteiger partial charge in [-0.05, 0) is 28.5 Å². The van der Waals surface area contributed by atoms with Crippen molar-refractivity contribution in [2.45, 2.75) is 12.8 Å². The first-order valence-corrected chi connectivity index (χ1v) is 10.8. The number of carbonyl (C=O) groups is 2. The summed E-state index contributed by atoms with van der Waals surface area (Å²) in [6, 6.07) is 24.3. The molecule has 0 atom stereocenters. The number of hydrogen-bond donors (Lipinski definition) is 2. The molecule has 0 bridgehead atoms. The van der Waals surface area contributed by atoms with Crippen molar-refractivity contribution in [3.05, 3.63) is 78.4 Å². The van der Waals surface area contributed by atoms with Gasteiger partial charge >= 0.3 is 0 Å². The highest BCUT2D eigenvalue weighted by Gasteiger charge is 2.17. The Balaban J connectivity index is 1.17. The van der Waals surface area contributed by atoms with Gasteiger partial charge in [0.25, 0.3) is 0 Å². The largest absolute Gasteiger partial charge is 0.369 e. The third kappa shape index (κ3) is 5.61. The van der Waals surface area contributed by atoms with E-state index in [4.69, 9.17) is 0 Å². The summed E-state index contributed by atoms with van der Waals surface area (Å²) in [7, 11) is 0. The molecule has 1 aliphatic heterocycles. The second-order valence-corrected chi connectivity index (χ2v) is 7.83. The van der Waals surface area contributed by atoms with Crippen LogP contribution in [-0.4, -0.2) is 49.4 Å². The molecule has 2 amide bonds. The van der Waals surface area contributed by atoms with Crippen LogP contribution >= 0.6 is 0 Å². The van der Waals surface area contributed by atoms with E-state index < -0.39 is 0 Å². The van der Waals surface area contributed by atoms with Gasteiger partial charge in [-0.15, -0.1) is 0 Å². The van der Waals surface area contributed by atoms with Crippen LogP contribution in [0, 0.1) is 0 Å². The second kappa shape index (κ2) is 10.1. The summed E-state index contributed by atoms with van der Waals surface area (Å²) in [4.78, 5) is 29.1. The third-order valence-corrected chi connectivity index (χ3v) is 5.72. The van der Waals surface area contributed by atoms with Gasteiger partial charge in [-0.1, -0.05) is 60.7 Å². The number of rotatable bonds is 6. The zero-order chi connectivity index (χ0) is 21.5. The number of anilines is 1. The van der Waals surface area contributed by atoms with Crippen LogP contribution in [0.5, 0.6) is 0 Å². The van der Waals surface area contributed by atoms with Crippen molar-refractivity contribution in [2.75, 3.05) is 37.6 Å². The van der Waals surface area contributed by atoms with Crippen LogP contribution in [0.15, 0.2) is 72.8 Å². The number of hydrazine groups is 1. The average molecular weight is 417 g/mol. The van der Waals surface area contributed by atoms with Crippen molar-refractivity contribution in [3.63, 3.8) is 0 Å². The quantitative estimate of drug-likeness (QED) is 0.607. The van der Waals surface area contributed by atoms with Crippen LogP contribution in [0.4, 0.5) is 5.69 Å². The number of benzene rings is 3. The van der Waals surface area contributed by atoms with E-state index in [1.54, 1.807) is 0 Å². The van der Waals surface area contributed by atoms with E-state index in [2.05, 4.69) is 44.9 Å². The van der Waals surface area contributed by atoms with Gasteiger partial charge in [-0.25, -0.2) is 0 Å². The maximum Gasteiger partial charge on any atom is 0.242 e. The fourth-order valence-electron chi connectivity index (χ4n) is 3.99. The van der Waals surface area contributed by atoms with Crippen molar-refractivity contribution in [1.29, 1.82) is 0 Å². The summed E-state index contributed by atoms with van der Waals surface area (Å²) in [6.45, 7) is 4.44. The molecule has 31 heavy (non-hydrogen) atoms. The van der Waals surface area contributed by atoms with E-state index in [0.717, 1.165) is 42.5 Å². The first kappa shape index (κ1) is 20.9. The van der Waals surface area contributed by atoms with Gasteiger partial charge in [0.05, 0.1) is 6.42 Å². The van der Waals surface area contributed by atoms with Gasteiger partial charge in [0.1, 0.15) is 0 Å². The fraction of sp³-hybridized carbons (Fsp3) is 0.280. The molecule has 160 valence electrons. The molecule has 0 aliphatic carbocycles. The Morgan fingerprint density at radius 3 is 2.23 bits per heavy atom.